The number of rotatable bonds is 5. The monoisotopic (exact) mass is 441 g/mol. The molecular weight excluding hydrogens is 423 g/mol. The predicted octanol–water partition coefficient (Wildman–Crippen LogP) is 3.34. The van der Waals surface area contributed by atoms with Gasteiger partial charge in [-0.2, -0.15) is 13.2 Å². The summed E-state index contributed by atoms with van der Waals surface area (Å²) in [7, 11) is -5.51. The maximum atomic E-state index is 13.1. The maximum absolute atomic E-state index is 13.1. The van der Waals surface area contributed by atoms with Crippen molar-refractivity contribution in [3.63, 3.8) is 0 Å². The Hall–Kier alpha value is -3.08. The van der Waals surface area contributed by atoms with E-state index in [1.165, 1.54) is 4.57 Å². The third-order valence-electron chi connectivity index (χ3n) is 4.79. The highest BCUT2D eigenvalue weighted by molar-refractivity contribution is 7.92. The van der Waals surface area contributed by atoms with Gasteiger partial charge in [0.2, 0.25) is 5.88 Å². The highest BCUT2D eigenvalue weighted by atomic mass is 32.2. The lowest BCUT2D eigenvalue weighted by atomic mass is 10.1. The Bertz CT molecular complexity index is 1210. The molecule has 0 amide bonds. The van der Waals surface area contributed by atoms with Gasteiger partial charge in [0.05, 0.1) is 22.3 Å². The summed E-state index contributed by atoms with van der Waals surface area (Å²) in [6.07, 6.45) is 3.68. The Morgan fingerprint density at radius 1 is 1.10 bits per heavy atom. The van der Waals surface area contributed by atoms with E-state index in [9.17, 15) is 31.5 Å². The molecule has 0 saturated carbocycles. The molecule has 0 aliphatic heterocycles. The lowest BCUT2D eigenvalue weighted by Gasteiger charge is -2.17. The van der Waals surface area contributed by atoms with Gasteiger partial charge in [-0.15, -0.1) is 0 Å². The molecule has 0 aliphatic rings. The van der Waals surface area contributed by atoms with Crippen molar-refractivity contribution in [3.8, 4) is 11.6 Å². The summed E-state index contributed by atoms with van der Waals surface area (Å²) in [5, 5.41) is 10.5. The summed E-state index contributed by atoms with van der Waals surface area (Å²) in [4.78, 5) is 16.1. The molecule has 1 unspecified atom stereocenters. The molecule has 0 aliphatic carbocycles. The van der Waals surface area contributed by atoms with Crippen LogP contribution < -0.4 is 5.69 Å². The van der Waals surface area contributed by atoms with Gasteiger partial charge in [-0.3, -0.25) is 9.55 Å². The Balaban J connectivity index is 2.11. The van der Waals surface area contributed by atoms with Crippen molar-refractivity contribution in [1.29, 1.82) is 0 Å². The molecule has 1 N–H and O–H groups in total. The van der Waals surface area contributed by atoms with E-state index in [0.717, 1.165) is 34.4 Å². The van der Waals surface area contributed by atoms with Crippen molar-refractivity contribution < 1.29 is 26.7 Å². The average Bonchev–Trinajstić information content (AvgIpc) is 2.92. The van der Waals surface area contributed by atoms with E-state index >= 15 is 0 Å². The van der Waals surface area contributed by atoms with Crippen LogP contribution in [0, 0.1) is 6.92 Å². The number of halogens is 3. The van der Waals surface area contributed by atoms with E-state index < -0.39 is 32.0 Å². The zero-order valence-corrected chi connectivity index (χ0v) is 16.8. The van der Waals surface area contributed by atoms with Crippen LogP contribution in [0.2, 0.25) is 0 Å². The van der Waals surface area contributed by atoms with Gasteiger partial charge < -0.3 is 5.11 Å². The zero-order valence-electron chi connectivity index (χ0n) is 16.0. The molecule has 1 atom stereocenters. The first kappa shape index (κ1) is 21.6. The number of alkyl halides is 3. The lowest BCUT2D eigenvalue weighted by Crippen LogP contribution is -2.28. The van der Waals surface area contributed by atoms with Crippen LogP contribution >= 0.6 is 0 Å². The standard InChI is InChI=1S/C19H18F3N3O4S/c1-3-16(13-8-10-23-11-9-13)24-12(2)17(26)25(18(24)27)14-4-6-15(7-5-14)30(28,29)19(20,21)22/h4-11,16,26H,3H2,1-2H3. The van der Waals surface area contributed by atoms with Crippen molar-refractivity contribution in [3.05, 3.63) is 70.5 Å². The fraction of sp³-hybridized carbons (Fsp3) is 0.263. The fourth-order valence-corrected chi connectivity index (χ4v) is 4.03. The number of nitrogens with zero attached hydrogens (tertiary/aromatic N) is 3. The molecule has 0 spiro atoms. The minimum Gasteiger partial charge on any atom is -0.493 e. The number of aromatic nitrogens is 3. The van der Waals surface area contributed by atoms with E-state index in [1.54, 1.807) is 31.5 Å². The number of imidazole rings is 1. The van der Waals surface area contributed by atoms with Crippen LogP contribution in [0.1, 0.15) is 30.6 Å². The zero-order chi connectivity index (χ0) is 22.3. The topological polar surface area (TPSA) is 94.2 Å². The third kappa shape index (κ3) is 3.49. The Kier molecular flexibility index (Phi) is 5.50. The van der Waals surface area contributed by atoms with Crippen molar-refractivity contribution in [2.24, 2.45) is 0 Å². The van der Waals surface area contributed by atoms with Gasteiger partial charge in [0.15, 0.2) is 0 Å². The quantitative estimate of drug-likeness (QED) is 0.656. The van der Waals surface area contributed by atoms with E-state index in [0.29, 0.717) is 6.42 Å². The highest BCUT2D eigenvalue weighted by Crippen LogP contribution is 2.31. The van der Waals surface area contributed by atoms with E-state index in [2.05, 4.69) is 4.98 Å². The van der Waals surface area contributed by atoms with Gasteiger partial charge in [0.1, 0.15) is 0 Å². The minimum atomic E-state index is -5.51. The summed E-state index contributed by atoms with van der Waals surface area (Å²) in [5.74, 6) is -0.390. The normalized spacial score (nSPS) is 13.4. The van der Waals surface area contributed by atoms with E-state index in [4.69, 9.17) is 0 Å². The summed E-state index contributed by atoms with van der Waals surface area (Å²) in [6, 6.07) is 6.65. The van der Waals surface area contributed by atoms with Crippen LogP contribution in [0.4, 0.5) is 13.2 Å². The molecule has 0 bridgehead atoms. The predicted molar refractivity (Wildman–Crippen MR) is 102 cm³/mol. The smallest absolute Gasteiger partial charge is 0.493 e. The van der Waals surface area contributed by atoms with E-state index in [-0.39, 0.29) is 17.3 Å². The van der Waals surface area contributed by atoms with Gasteiger partial charge in [-0.25, -0.2) is 17.8 Å². The molecule has 7 nitrogen and oxygen atoms in total. The molecule has 0 saturated heterocycles. The Morgan fingerprint density at radius 2 is 1.67 bits per heavy atom. The first-order valence-corrected chi connectivity index (χ1v) is 10.3. The molecular formula is C19H18F3N3O4S. The van der Waals surface area contributed by atoms with Gasteiger partial charge in [0, 0.05) is 12.4 Å². The van der Waals surface area contributed by atoms with E-state index in [1.807, 2.05) is 6.92 Å². The van der Waals surface area contributed by atoms with Crippen LogP contribution in [-0.2, 0) is 9.84 Å². The molecule has 30 heavy (non-hydrogen) atoms. The molecule has 3 rings (SSSR count). The molecule has 2 heterocycles. The lowest BCUT2D eigenvalue weighted by molar-refractivity contribution is -0.0436. The number of sulfone groups is 1. The van der Waals surface area contributed by atoms with Crippen LogP contribution in [0.25, 0.3) is 5.69 Å². The van der Waals surface area contributed by atoms with Gasteiger partial charge >= 0.3 is 11.2 Å². The van der Waals surface area contributed by atoms with Crippen molar-refractivity contribution in [2.75, 3.05) is 0 Å². The van der Waals surface area contributed by atoms with Crippen LogP contribution in [0.15, 0.2) is 58.5 Å². The van der Waals surface area contributed by atoms with Crippen LogP contribution in [-0.4, -0.2) is 33.2 Å². The third-order valence-corrected chi connectivity index (χ3v) is 6.30. The SMILES string of the molecule is CCC(c1ccncc1)n1c(C)c(O)n(-c2ccc(S(=O)(=O)C(F)(F)F)cc2)c1=O. The van der Waals surface area contributed by atoms with Crippen LogP contribution in [0.5, 0.6) is 5.88 Å². The highest BCUT2D eigenvalue weighted by Gasteiger charge is 2.46. The summed E-state index contributed by atoms with van der Waals surface area (Å²) in [5.41, 5.74) is -4.96. The molecule has 2 aromatic heterocycles. The molecule has 3 aromatic rings. The van der Waals surface area contributed by atoms with Gasteiger partial charge in [0.25, 0.3) is 9.84 Å². The number of pyridine rings is 1. The first-order chi connectivity index (χ1) is 14.0. The molecule has 160 valence electrons. The molecule has 11 heteroatoms. The second-order valence-corrected chi connectivity index (χ2v) is 8.49. The fourth-order valence-electron chi connectivity index (χ4n) is 3.27. The molecule has 0 radical (unpaired) electrons. The van der Waals surface area contributed by atoms with Gasteiger partial charge in [-0.1, -0.05) is 6.92 Å². The number of hydrogen-bond donors (Lipinski definition) is 1. The largest absolute Gasteiger partial charge is 0.501 e. The van der Waals surface area contributed by atoms with Crippen molar-refractivity contribution >= 4 is 9.84 Å². The second kappa shape index (κ2) is 7.63. The van der Waals surface area contributed by atoms with Crippen molar-refractivity contribution in [1.82, 2.24) is 14.1 Å². The Morgan fingerprint density at radius 3 is 2.17 bits per heavy atom. The summed E-state index contributed by atoms with van der Waals surface area (Å²) >= 11 is 0. The maximum Gasteiger partial charge on any atom is 0.501 e. The average molecular weight is 441 g/mol. The number of hydrogen-bond acceptors (Lipinski definition) is 5. The minimum absolute atomic E-state index is 0.0325. The van der Waals surface area contributed by atoms with Crippen molar-refractivity contribution in [2.45, 2.75) is 36.7 Å². The summed E-state index contributed by atoms with van der Waals surface area (Å²) < 4.78 is 63.5. The molecule has 0 fully saturated rings. The van der Waals surface area contributed by atoms with Crippen LogP contribution in [0.3, 0.4) is 0 Å². The van der Waals surface area contributed by atoms with Gasteiger partial charge in [-0.05, 0) is 55.3 Å². The molecule has 1 aromatic carbocycles. The number of aromatic hydroxyl groups is 1. The first-order valence-electron chi connectivity index (χ1n) is 8.85. The summed E-state index contributed by atoms with van der Waals surface area (Å²) in [6.45, 7) is 3.40. The Labute approximate surface area is 170 Å². The number of benzene rings is 1. The second-order valence-electron chi connectivity index (χ2n) is 6.54.